The molecule has 0 saturated heterocycles. The number of rotatable bonds is 1. The molecule has 0 spiro atoms. The van der Waals surface area contributed by atoms with Gasteiger partial charge in [0.05, 0.1) is 0 Å². The molecule has 0 heterocycles. The lowest BCUT2D eigenvalue weighted by atomic mass is 9.96. The van der Waals surface area contributed by atoms with Crippen molar-refractivity contribution in [1.29, 1.82) is 0 Å². The van der Waals surface area contributed by atoms with Gasteiger partial charge in [0.25, 0.3) is 0 Å². The first kappa shape index (κ1) is 10.5. The van der Waals surface area contributed by atoms with Crippen LogP contribution in [-0.4, -0.2) is 6.54 Å². The van der Waals surface area contributed by atoms with Crippen molar-refractivity contribution in [3.63, 3.8) is 0 Å². The van der Waals surface area contributed by atoms with E-state index >= 15 is 0 Å². The average molecular weight is 223 g/mol. The van der Waals surface area contributed by atoms with Crippen molar-refractivity contribution in [2.75, 3.05) is 6.54 Å². The lowest BCUT2D eigenvalue weighted by Gasteiger charge is -2.10. The second kappa shape index (κ2) is 3.71. The fourth-order valence-electron chi connectivity index (χ4n) is 3.07. The summed E-state index contributed by atoms with van der Waals surface area (Å²) >= 11 is 0. The monoisotopic (exact) mass is 223 g/mol. The van der Waals surface area contributed by atoms with Crippen molar-refractivity contribution in [1.82, 2.24) is 0 Å². The minimum absolute atomic E-state index is 0.375. The molecule has 0 fully saturated rings. The van der Waals surface area contributed by atoms with E-state index in [1.807, 2.05) is 0 Å². The van der Waals surface area contributed by atoms with Crippen LogP contribution >= 0.6 is 0 Å². The van der Waals surface area contributed by atoms with Crippen LogP contribution in [0.5, 0.6) is 0 Å². The lowest BCUT2D eigenvalue weighted by molar-refractivity contribution is 0.840. The van der Waals surface area contributed by atoms with E-state index in [1.54, 1.807) is 0 Å². The number of hydrogen-bond donors (Lipinski definition) is 1. The molecule has 0 amide bonds. The smallest absolute Gasteiger partial charge is 0.0225 e. The Labute approximate surface area is 102 Å². The molecular weight excluding hydrogens is 206 g/mol. The highest BCUT2D eigenvalue weighted by Gasteiger charge is 2.29. The van der Waals surface area contributed by atoms with E-state index < -0.39 is 0 Å². The number of benzene rings is 2. The molecule has 1 aliphatic rings. The Balaban J connectivity index is 2.39. The number of nitrogens with two attached hydrogens (primary N) is 1. The van der Waals surface area contributed by atoms with Gasteiger partial charge < -0.3 is 5.73 Å². The molecular formula is C16H17N. The topological polar surface area (TPSA) is 26.0 Å². The van der Waals surface area contributed by atoms with Gasteiger partial charge in [-0.1, -0.05) is 36.4 Å². The molecule has 2 aromatic carbocycles. The molecule has 17 heavy (non-hydrogen) atoms. The Bertz CT molecular complexity index is 533. The fraction of sp³-hybridized carbons (Fsp3) is 0.250. The highest BCUT2D eigenvalue weighted by atomic mass is 14.6. The molecule has 0 saturated carbocycles. The molecule has 0 aromatic heterocycles. The molecule has 0 aliphatic heterocycles. The van der Waals surface area contributed by atoms with Gasteiger partial charge in [0.2, 0.25) is 0 Å². The highest BCUT2D eigenvalue weighted by molar-refractivity contribution is 5.83. The summed E-state index contributed by atoms with van der Waals surface area (Å²) in [6, 6.07) is 13.1. The van der Waals surface area contributed by atoms with Gasteiger partial charge in [-0.2, -0.15) is 0 Å². The van der Waals surface area contributed by atoms with Crippen molar-refractivity contribution in [2.24, 2.45) is 5.73 Å². The summed E-state index contributed by atoms with van der Waals surface area (Å²) in [6.45, 7) is 5.06. The Morgan fingerprint density at radius 2 is 1.35 bits per heavy atom. The Morgan fingerprint density at radius 3 is 1.76 bits per heavy atom. The lowest BCUT2D eigenvalue weighted by Crippen LogP contribution is -2.11. The second-order valence-corrected chi connectivity index (χ2v) is 4.87. The van der Waals surface area contributed by atoms with Gasteiger partial charge in [0.15, 0.2) is 0 Å². The van der Waals surface area contributed by atoms with Gasteiger partial charge in [-0.05, 0) is 47.2 Å². The molecule has 0 radical (unpaired) electrons. The summed E-state index contributed by atoms with van der Waals surface area (Å²) in [4.78, 5) is 0. The van der Waals surface area contributed by atoms with Crippen LogP contribution in [0.15, 0.2) is 36.4 Å². The molecule has 2 aromatic rings. The highest BCUT2D eigenvalue weighted by Crippen LogP contribution is 2.47. The molecule has 0 atom stereocenters. The van der Waals surface area contributed by atoms with Crippen molar-refractivity contribution in [2.45, 2.75) is 19.8 Å². The van der Waals surface area contributed by atoms with Crippen LogP contribution in [0.3, 0.4) is 0 Å². The number of aryl methyl sites for hydroxylation is 2. The summed E-state index contributed by atoms with van der Waals surface area (Å²) < 4.78 is 0. The van der Waals surface area contributed by atoms with E-state index in [0.717, 1.165) is 0 Å². The number of fused-ring (bicyclic) bond motifs is 3. The third kappa shape index (κ3) is 1.36. The van der Waals surface area contributed by atoms with Gasteiger partial charge in [0, 0.05) is 12.5 Å². The normalized spacial score (nSPS) is 13.6. The van der Waals surface area contributed by atoms with Crippen molar-refractivity contribution >= 4 is 0 Å². The molecule has 0 bridgehead atoms. The molecule has 0 unspecified atom stereocenters. The van der Waals surface area contributed by atoms with Crippen LogP contribution in [0.1, 0.15) is 28.2 Å². The molecule has 3 rings (SSSR count). The minimum Gasteiger partial charge on any atom is -0.330 e. The van der Waals surface area contributed by atoms with Crippen molar-refractivity contribution < 1.29 is 0 Å². The summed E-state index contributed by atoms with van der Waals surface area (Å²) in [6.07, 6.45) is 0. The molecule has 1 aliphatic carbocycles. The first-order valence-electron chi connectivity index (χ1n) is 6.13. The zero-order chi connectivity index (χ0) is 12.0. The predicted molar refractivity (Wildman–Crippen MR) is 72.2 cm³/mol. The van der Waals surface area contributed by atoms with E-state index in [0.29, 0.717) is 12.5 Å². The molecule has 86 valence electrons. The summed E-state index contributed by atoms with van der Waals surface area (Å²) in [5, 5.41) is 0. The summed E-state index contributed by atoms with van der Waals surface area (Å²) in [5.41, 5.74) is 14.3. The maximum absolute atomic E-state index is 5.96. The molecule has 2 N–H and O–H groups in total. The Morgan fingerprint density at radius 1 is 0.882 bits per heavy atom. The zero-order valence-corrected chi connectivity index (χ0v) is 10.3. The molecule has 1 nitrogen and oxygen atoms in total. The third-order valence-electron chi connectivity index (χ3n) is 3.85. The first-order chi connectivity index (χ1) is 8.24. The van der Waals surface area contributed by atoms with E-state index in [9.17, 15) is 0 Å². The fourth-order valence-corrected chi connectivity index (χ4v) is 3.07. The number of hydrogen-bond acceptors (Lipinski definition) is 1. The van der Waals surface area contributed by atoms with Crippen LogP contribution < -0.4 is 5.73 Å². The van der Waals surface area contributed by atoms with Gasteiger partial charge >= 0.3 is 0 Å². The van der Waals surface area contributed by atoms with Crippen LogP contribution in [0.25, 0.3) is 11.1 Å². The van der Waals surface area contributed by atoms with Crippen LogP contribution in [0.2, 0.25) is 0 Å². The largest absolute Gasteiger partial charge is 0.330 e. The standard InChI is InChI=1S/C16H17N/c1-10-5-3-7-12-14(9-17)13-8-4-6-11(2)16(13)15(10)12/h3-8,14H,9,17H2,1-2H3. The van der Waals surface area contributed by atoms with E-state index in [2.05, 4.69) is 50.2 Å². The summed E-state index contributed by atoms with van der Waals surface area (Å²) in [7, 11) is 0. The van der Waals surface area contributed by atoms with Crippen LogP contribution in [-0.2, 0) is 0 Å². The van der Waals surface area contributed by atoms with E-state index in [1.165, 1.54) is 33.4 Å². The van der Waals surface area contributed by atoms with E-state index in [-0.39, 0.29) is 0 Å². The average Bonchev–Trinajstić information content (AvgIpc) is 2.65. The SMILES string of the molecule is Cc1cccc2c1-c1c(C)cccc1C2CN. The van der Waals surface area contributed by atoms with Gasteiger partial charge in [-0.3, -0.25) is 0 Å². The first-order valence-corrected chi connectivity index (χ1v) is 6.13. The molecule has 1 heteroatoms. The maximum atomic E-state index is 5.96. The van der Waals surface area contributed by atoms with Gasteiger partial charge in [-0.25, -0.2) is 0 Å². The van der Waals surface area contributed by atoms with E-state index in [4.69, 9.17) is 5.73 Å². The van der Waals surface area contributed by atoms with Gasteiger partial charge in [0.1, 0.15) is 0 Å². The second-order valence-electron chi connectivity index (χ2n) is 4.87. The third-order valence-corrected chi connectivity index (χ3v) is 3.85. The quantitative estimate of drug-likeness (QED) is 0.788. The van der Waals surface area contributed by atoms with Crippen LogP contribution in [0, 0.1) is 13.8 Å². The van der Waals surface area contributed by atoms with Crippen LogP contribution in [0.4, 0.5) is 0 Å². The van der Waals surface area contributed by atoms with Crippen molar-refractivity contribution in [3.05, 3.63) is 58.7 Å². The minimum atomic E-state index is 0.375. The summed E-state index contributed by atoms with van der Waals surface area (Å²) in [5.74, 6) is 0.375. The predicted octanol–water partition coefficient (Wildman–Crippen LogP) is 3.37. The van der Waals surface area contributed by atoms with Crippen molar-refractivity contribution in [3.8, 4) is 11.1 Å². The Kier molecular flexibility index (Phi) is 2.30. The zero-order valence-electron chi connectivity index (χ0n) is 10.3. The Hall–Kier alpha value is -1.60. The maximum Gasteiger partial charge on any atom is 0.0225 e. The van der Waals surface area contributed by atoms with Gasteiger partial charge in [-0.15, -0.1) is 0 Å².